The van der Waals surface area contributed by atoms with Crippen molar-refractivity contribution >= 4 is 22.8 Å². The molecule has 0 aliphatic carbocycles. The Kier molecular flexibility index (Phi) is 5.78. The van der Waals surface area contributed by atoms with Gasteiger partial charge in [-0.3, -0.25) is 23.7 Å². The van der Waals surface area contributed by atoms with Crippen molar-refractivity contribution in [2.75, 3.05) is 18.0 Å². The Morgan fingerprint density at radius 1 is 1.30 bits per heavy atom. The van der Waals surface area contributed by atoms with Gasteiger partial charge in [-0.2, -0.15) is 5.26 Å². The number of piperidine rings is 1. The van der Waals surface area contributed by atoms with Gasteiger partial charge in [0.1, 0.15) is 23.0 Å². The number of carbonyl (C=O) groups excluding carboxylic acids is 1. The molecular weight excluding hydrogens is 424 g/mol. The molecule has 3 aromatic rings. The number of aromatic nitrogens is 4. The number of carbonyl (C=O) groups is 1. The Balaban J connectivity index is 2.04. The molecule has 1 fully saturated rings. The summed E-state index contributed by atoms with van der Waals surface area (Å²) in [6.45, 7) is 3.24. The molecule has 11 nitrogen and oxygen atoms in total. The Morgan fingerprint density at radius 3 is 2.70 bits per heavy atom. The SMILES string of the molecule is CCn1c(N2CCC[C@@H](N)C2)c(C(N)=O)c2c1c(=O)n(Cc1ncccc1C#N)c(=O)n2C. The fourth-order valence-electron chi connectivity index (χ4n) is 4.65. The fourth-order valence-corrected chi connectivity index (χ4v) is 4.65. The predicted molar refractivity (Wildman–Crippen MR) is 123 cm³/mol. The van der Waals surface area contributed by atoms with Crippen LogP contribution in [0.5, 0.6) is 0 Å². The summed E-state index contributed by atoms with van der Waals surface area (Å²) in [6, 6.07) is 5.15. The third kappa shape index (κ3) is 3.58. The van der Waals surface area contributed by atoms with Gasteiger partial charge in [-0.05, 0) is 31.9 Å². The van der Waals surface area contributed by atoms with E-state index in [0.29, 0.717) is 31.1 Å². The number of aryl methyl sites for hydroxylation is 2. The van der Waals surface area contributed by atoms with Crippen molar-refractivity contribution in [2.45, 2.75) is 38.9 Å². The topological polar surface area (TPSA) is 158 Å². The lowest BCUT2D eigenvalue weighted by molar-refractivity contribution is 0.100. The lowest BCUT2D eigenvalue weighted by Crippen LogP contribution is -2.44. The van der Waals surface area contributed by atoms with E-state index in [1.807, 2.05) is 17.9 Å². The molecule has 4 N–H and O–H groups in total. The van der Waals surface area contributed by atoms with Crippen LogP contribution in [0.3, 0.4) is 0 Å². The molecule has 1 saturated heterocycles. The molecule has 1 aliphatic rings. The van der Waals surface area contributed by atoms with Crippen molar-refractivity contribution in [3.63, 3.8) is 0 Å². The highest BCUT2D eigenvalue weighted by Crippen LogP contribution is 2.32. The summed E-state index contributed by atoms with van der Waals surface area (Å²) in [4.78, 5) is 45.6. The van der Waals surface area contributed by atoms with Crippen LogP contribution in [0.25, 0.3) is 11.0 Å². The van der Waals surface area contributed by atoms with E-state index in [0.717, 1.165) is 17.4 Å². The van der Waals surface area contributed by atoms with E-state index in [2.05, 4.69) is 4.98 Å². The van der Waals surface area contributed by atoms with Gasteiger partial charge in [-0.15, -0.1) is 0 Å². The molecule has 3 aromatic heterocycles. The minimum absolute atomic E-state index is 0.0724. The summed E-state index contributed by atoms with van der Waals surface area (Å²) < 4.78 is 4.04. The number of primary amides is 1. The summed E-state index contributed by atoms with van der Waals surface area (Å²) in [5.41, 5.74) is 11.9. The minimum Gasteiger partial charge on any atom is -0.365 e. The van der Waals surface area contributed by atoms with Crippen LogP contribution in [0.15, 0.2) is 27.9 Å². The van der Waals surface area contributed by atoms with E-state index in [9.17, 15) is 19.6 Å². The summed E-state index contributed by atoms with van der Waals surface area (Å²) >= 11 is 0. The fraction of sp³-hybridized carbons (Fsp3) is 0.409. The molecule has 0 spiro atoms. The third-order valence-electron chi connectivity index (χ3n) is 6.15. The van der Waals surface area contributed by atoms with E-state index in [-0.39, 0.29) is 34.7 Å². The second-order valence-corrected chi connectivity index (χ2v) is 8.20. The lowest BCUT2D eigenvalue weighted by atomic mass is 10.1. The molecule has 4 heterocycles. The molecule has 0 aromatic carbocycles. The molecule has 0 saturated carbocycles. The summed E-state index contributed by atoms with van der Waals surface area (Å²) in [5, 5.41) is 9.38. The van der Waals surface area contributed by atoms with Crippen LogP contribution in [-0.2, 0) is 20.1 Å². The minimum atomic E-state index is -0.718. The van der Waals surface area contributed by atoms with Crippen LogP contribution in [0, 0.1) is 11.3 Å². The zero-order chi connectivity index (χ0) is 23.9. The number of rotatable bonds is 5. The molecule has 0 unspecified atom stereocenters. The maximum absolute atomic E-state index is 13.6. The Bertz CT molecular complexity index is 1410. The first-order valence-corrected chi connectivity index (χ1v) is 10.8. The average Bonchev–Trinajstić information content (AvgIpc) is 3.16. The van der Waals surface area contributed by atoms with Crippen molar-refractivity contribution in [1.29, 1.82) is 5.26 Å². The molecule has 1 aliphatic heterocycles. The summed E-state index contributed by atoms with van der Waals surface area (Å²) in [7, 11) is 1.50. The predicted octanol–water partition coefficient (Wildman–Crippen LogP) is -0.137. The average molecular weight is 451 g/mol. The second kappa shape index (κ2) is 8.55. The molecular formula is C22H26N8O3. The van der Waals surface area contributed by atoms with Crippen molar-refractivity contribution in [2.24, 2.45) is 18.5 Å². The number of pyridine rings is 1. The monoisotopic (exact) mass is 450 g/mol. The standard InChI is InChI=1S/C22H26N8O3/c1-3-29-18-17(16(19(25)31)20(29)28-9-5-7-14(24)11-28)27(2)22(33)30(21(18)32)12-15-13(10-23)6-4-8-26-15/h4,6,8,14H,3,5,7,9,11-12,24H2,1-2H3,(H2,25,31)/t14-/m1/s1. The van der Waals surface area contributed by atoms with Crippen LogP contribution >= 0.6 is 0 Å². The smallest absolute Gasteiger partial charge is 0.331 e. The highest BCUT2D eigenvalue weighted by atomic mass is 16.2. The van der Waals surface area contributed by atoms with E-state index in [4.69, 9.17) is 11.5 Å². The number of nitrogens with two attached hydrogens (primary N) is 2. The van der Waals surface area contributed by atoms with E-state index in [1.54, 1.807) is 16.7 Å². The van der Waals surface area contributed by atoms with Gasteiger partial charge in [0.2, 0.25) is 0 Å². The van der Waals surface area contributed by atoms with E-state index < -0.39 is 17.2 Å². The van der Waals surface area contributed by atoms with Crippen LogP contribution in [-0.4, -0.2) is 43.7 Å². The van der Waals surface area contributed by atoms with Crippen molar-refractivity contribution < 1.29 is 4.79 Å². The zero-order valence-electron chi connectivity index (χ0n) is 18.6. The van der Waals surface area contributed by atoms with Crippen molar-refractivity contribution in [3.8, 4) is 6.07 Å². The molecule has 0 radical (unpaired) electrons. The normalized spacial score (nSPS) is 16.2. The van der Waals surface area contributed by atoms with Gasteiger partial charge in [-0.25, -0.2) is 4.79 Å². The number of hydrogen-bond acceptors (Lipinski definition) is 7. The maximum Gasteiger partial charge on any atom is 0.331 e. The van der Waals surface area contributed by atoms with Crippen LogP contribution in [0.1, 0.15) is 41.4 Å². The second-order valence-electron chi connectivity index (χ2n) is 8.20. The van der Waals surface area contributed by atoms with Crippen molar-refractivity contribution in [1.82, 2.24) is 18.7 Å². The lowest BCUT2D eigenvalue weighted by Gasteiger charge is -2.33. The molecule has 1 amide bonds. The Hall–Kier alpha value is -3.91. The highest BCUT2D eigenvalue weighted by molar-refractivity contribution is 6.10. The molecule has 11 heteroatoms. The van der Waals surface area contributed by atoms with E-state index in [1.165, 1.54) is 17.8 Å². The Morgan fingerprint density at radius 2 is 2.06 bits per heavy atom. The first-order chi connectivity index (χ1) is 15.8. The zero-order valence-corrected chi connectivity index (χ0v) is 18.6. The number of nitrogens with zero attached hydrogens (tertiary/aromatic N) is 6. The number of hydrogen-bond donors (Lipinski definition) is 2. The van der Waals surface area contributed by atoms with Crippen LogP contribution in [0.4, 0.5) is 5.82 Å². The number of fused-ring (bicyclic) bond motifs is 1. The maximum atomic E-state index is 13.6. The molecule has 0 bridgehead atoms. The van der Waals surface area contributed by atoms with Gasteiger partial charge in [0.05, 0.1) is 23.3 Å². The van der Waals surface area contributed by atoms with Gasteiger partial charge in [0.15, 0.2) is 0 Å². The van der Waals surface area contributed by atoms with Gasteiger partial charge in [0, 0.05) is 38.9 Å². The summed E-state index contributed by atoms with van der Waals surface area (Å²) in [6.07, 6.45) is 3.21. The van der Waals surface area contributed by atoms with Gasteiger partial charge in [-0.1, -0.05) is 0 Å². The van der Waals surface area contributed by atoms with Gasteiger partial charge in [0.25, 0.3) is 11.5 Å². The molecule has 172 valence electrons. The number of amides is 1. The number of anilines is 1. The molecule has 4 rings (SSSR count). The summed E-state index contributed by atoms with van der Waals surface area (Å²) in [5.74, 6) is -0.208. The molecule has 1 atom stereocenters. The van der Waals surface area contributed by atoms with E-state index >= 15 is 0 Å². The number of nitriles is 1. The van der Waals surface area contributed by atoms with Gasteiger partial charge < -0.3 is 20.9 Å². The van der Waals surface area contributed by atoms with Crippen LogP contribution in [0.2, 0.25) is 0 Å². The molecule has 33 heavy (non-hydrogen) atoms. The van der Waals surface area contributed by atoms with Crippen molar-refractivity contribution in [3.05, 3.63) is 56.0 Å². The first-order valence-electron chi connectivity index (χ1n) is 10.8. The first kappa shape index (κ1) is 22.3. The van der Waals surface area contributed by atoms with Gasteiger partial charge >= 0.3 is 5.69 Å². The van der Waals surface area contributed by atoms with Crippen LogP contribution < -0.4 is 27.6 Å². The Labute approximate surface area is 189 Å². The highest BCUT2D eigenvalue weighted by Gasteiger charge is 2.31. The largest absolute Gasteiger partial charge is 0.365 e. The third-order valence-corrected chi connectivity index (χ3v) is 6.15. The quantitative estimate of drug-likeness (QED) is 0.547.